The molecule has 0 radical (unpaired) electrons. The molecule has 0 unspecified atom stereocenters. The van der Waals surface area contributed by atoms with Gasteiger partial charge in [0.25, 0.3) is 10.0 Å². The number of aromatic carboxylic acids is 1. The Kier molecular flexibility index (Phi) is 4.61. The van der Waals surface area contributed by atoms with Gasteiger partial charge in [0.05, 0.1) is 28.1 Å². The molecular formula is C19H19NO6S. The number of aryl methyl sites for hydroxylation is 1. The van der Waals surface area contributed by atoms with E-state index in [9.17, 15) is 23.4 Å². The van der Waals surface area contributed by atoms with Crippen molar-refractivity contribution in [1.29, 1.82) is 0 Å². The van der Waals surface area contributed by atoms with Crippen molar-refractivity contribution in [3.8, 4) is 11.5 Å². The number of ether oxygens (including phenoxy) is 1. The van der Waals surface area contributed by atoms with E-state index in [1.165, 1.54) is 24.3 Å². The number of aromatic hydroxyl groups is 1. The lowest BCUT2D eigenvalue weighted by Gasteiger charge is -2.10. The van der Waals surface area contributed by atoms with Crippen LogP contribution in [-0.2, 0) is 10.0 Å². The SMILES string of the molecule is CCOc1c(C)n(S(=O)(=O)c2ccc(C)cc2)c2ccc(O)c(C(=O)O)c12. The third-order valence-corrected chi connectivity index (χ3v) is 6.12. The van der Waals surface area contributed by atoms with Gasteiger partial charge in [-0.2, -0.15) is 0 Å². The van der Waals surface area contributed by atoms with Crippen molar-refractivity contribution < 1.29 is 28.2 Å². The summed E-state index contributed by atoms with van der Waals surface area (Å²) in [4.78, 5) is 11.8. The monoisotopic (exact) mass is 389 g/mol. The molecule has 0 amide bonds. The van der Waals surface area contributed by atoms with E-state index in [1.54, 1.807) is 26.0 Å². The van der Waals surface area contributed by atoms with Gasteiger partial charge in [-0.05, 0) is 45.0 Å². The molecule has 0 saturated heterocycles. The van der Waals surface area contributed by atoms with Crippen LogP contribution in [0.3, 0.4) is 0 Å². The maximum atomic E-state index is 13.3. The lowest BCUT2D eigenvalue weighted by atomic mass is 10.1. The fourth-order valence-corrected chi connectivity index (χ4v) is 4.64. The molecular weight excluding hydrogens is 370 g/mol. The fourth-order valence-electron chi connectivity index (χ4n) is 3.10. The Morgan fingerprint density at radius 2 is 1.74 bits per heavy atom. The molecule has 0 aliphatic heterocycles. The van der Waals surface area contributed by atoms with Crippen LogP contribution in [0.15, 0.2) is 41.3 Å². The van der Waals surface area contributed by atoms with E-state index < -0.39 is 27.3 Å². The number of hydrogen-bond donors (Lipinski definition) is 2. The number of aromatic nitrogens is 1. The second-order valence-electron chi connectivity index (χ2n) is 6.09. The minimum absolute atomic E-state index is 0.0533. The van der Waals surface area contributed by atoms with Gasteiger partial charge in [0.15, 0.2) is 0 Å². The summed E-state index contributed by atoms with van der Waals surface area (Å²) in [6, 6.07) is 8.90. The topological polar surface area (TPSA) is 106 Å². The van der Waals surface area contributed by atoms with Gasteiger partial charge in [0.2, 0.25) is 0 Å². The molecule has 0 spiro atoms. The molecule has 2 aromatic carbocycles. The van der Waals surface area contributed by atoms with Crippen LogP contribution in [-0.4, -0.2) is 35.2 Å². The number of carboxylic acids is 1. The Bertz CT molecular complexity index is 1140. The maximum absolute atomic E-state index is 13.3. The van der Waals surface area contributed by atoms with Gasteiger partial charge >= 0.3 is 5.97 Å². The third-order valence-electron chi connectivity index (χ3n) is 4.30. The van der Waals surface area contributed by atoms with Crippen molar-refractivity contribution in [3.63, 3.8) is 0 Å². The van der Waals surface area contributed by atoms with Gasteiger partial charge in [0, 0.05) is 0 Å². The average molecular weight is 389 g/mol. The number of carboxylic acid groups (broad SMARTS) is 1. The molecule has 7 nitrogen and oxygen atoms in total. The first kappa shape index (κ1) is 18.8. The first-order chi connectivity index (χ1) is 12.7. The van der Waals surface area contributed by atoms with E-state index in [4.69, 9.17) is 4.74 Å². The standard InChI is InChI=1S/C19H19NO6S/c1-4-26-18-12(3)20(27(24,25)13-7-5-11(2)6-8-13)14-9-10-15(21)17(16(14)18)19(22)23/h5-10,21H,4H2,1-3H3,(H,22,23). The molecule has 0 bridgehead atoms. The van der Waals surface area contributed by atoms with E-state index in [0.717, 1.165) is 9.54 Å². The largest absolute Gasteiger partial charge is 0.507 e. The molecule has 8 heteroatoms. The van der Waals surface area contributed by atoms with Crippen molar-refractivity contribution in [1.82, 2.24) is 3.97 Å². The number of carbonyl (C=O) groups is 1. The van der Waals surface area contributed by atoms with Crippen LogP contribution in [0.25, 0.3) is 10.9 Å². The first-order valence-electron chi connectivity index (χ1n) is 8.25. The number of rotatable bonds is 5. The Balaban J connectivity index is 2.44. The summed E-state index contributed by atoms with van der Waals surface area (Å²) >= 11 is 0. The first-order valence-corrected chi connectivity index (χ1v) is 9.69. The van der Waals surface area contributed by atoms with Gasteiger partial charge in [-0.3, -0.25) is 0 Å². The smallest absolute Gasteiger partial charge is 0.340 e. The fraction of sp³-hybridized carbons (Fsp3) is 0.211. The lowest BCUT2D eigenvalue weighted by molar-refractivity contribution is 0.0695. The van der Waals surface area contributed by atoms with Crippen molar-refractivity contribution in [2.45, 2.75) is 25.7 Å². The van der Waals surface area contributed by atoms with Crippen LogP contribution in [0.1, 0.15) is 28.5 Å². The highest BCUT2D eigenvalue weighted by Crippen LogP contribution is 2.40. The molecule has 0 saturated carbocycles. The zero-order valence-electron chi connectivity index (χ0n) is 15.1. The van der Waals surface area contributed by atoms with Gasteiger partial charge in [-0.1, -0.05) is 17.7 Å². The summed E-state index contributed by atoms with van der Waals surface area (Å²) in [5.41, 5.74) is 0.889. The molecule has 27 heavy (non-hydrogen) atoms. The third kappa shape index (κ3) is 2.91. The Morgan fingerprint density at radius 3 is 2.30 bits per heavy atom. The van der Waals surface area contributed by atoms with E-state index in [2.05, 4.69) is 0 Å². The molecule has 0 aliphatic rings. The van der Waals surface area contributed by atoms with E-state index >= 15 is 0 Å². The normalized spacial score (nSPS) is 11.7. The predicted molar refractivity (Wildman–Crippen MR) is 100 cm³/mol. The van der Waals surface area contributed by atoms with Crippen LogP contribution in [0.5, 0.6) is 11.5 Å². The zero-order valence-corrected chi connectivity index (χ0v) is 15.9. The number of fused-ring (bicyclic) bond motifs is 1. The van der Waals surface area contributed by atoms with Crippen LogP contribution in [0.2, 0.25) is 0 Å². The molecule has 3 aromatic rings. The zero-order chi connectivity index (χ0) is 19.9. The Labute approximate surface area is 156 Å². The van der Waals surface area contributed by atoms with Crippen molar-refractivity contribution in [2.75, 3.05) is 6.61 Å². The molecule has 2 N–H and O–H groups in total. The molecule has 0 atom stereocenters. The van der Waals surface area contributed by atoms with E-state index in [1.807, 2.05) is 6.92 Å². The number of benzene rings is 2. The summed E-state index contributed by atoms with van der Waals surface area (Å²) in [7, 11) is -4.00. The van der Waals surface area contributed by atoms with Crippen LogP contribution in [0.4, 0.5) is 0 Å². The quantitative estimate of drug-likeness (QED) is 0.694. The number of hydrogen-bond acceptors (Lipinski definition) is 5. The average Bonchev–Trinajstić information content (AvgIpc) is 2.88. The van der Waals surface area contributed by atoms with Gasteiger partial charge in [0.1, 0.15) is 17.1 Å². The molecule has 0 aliphatic carbocycles. The molecule has 3 rings (SSSR count). The van der Waals surface area contributed by atoms with Crippen LogP contribution in [0, 0.1) is 13.8 Å². The molecule has 1 aromatic heterocycles. The highest BCUT2D eigenvalue weighted by atomic mass is 32.2. The highest BCUT2D eigenvalue weighted by molar-refractivity contribution is 7.90. The summed E-state index contributed by atoms with van der Waals surface area (Å²) < 4.78 is 33.1. The van der Waals surface area contributed by atoms with Gasteiger partial charge in [-0.25, -0.2) is 17.2 Å². The minimum atomic E-state index is -4.00. The second kappa shape index (κ2) is 6.62. The minimum Gasteiger partial charge on any atom is -0.507 e. The summed E-state index contributed by atoms with van der Waals surface area (Å²) in [6.45, 7) is 5.31. The Morgan fingerprint density at radius 1 is 1.11 bits per heavy atom. The maximum Gasteiger partial charge on any atom is 0.340 e. The van der Waals surface area contributed by atoms with E-state index in [-0.39, 0.29) is 33.8 Å². The lowest BCUT2D eigenvalue weighted by Crippen LogP contribution is -2.14. The van der Waals surface area contributed by atoms with Gasteiger partial charge in [-0.15, -0.1) is 0 Å². The van der Waals surface area contributed by atoms with Gasteiger partial charge < -0.3 is 14.9 Å². The Hall–Kier alpha value is -3.00. The predicted octanol–water partition coefficient (Wildman–Crippen LogP) is 3.30. The summed E-state index contributed by atoms with van der Waals surface area (Å²) in [5.74, 6) is -1.71. The van der Waals surface area contributed by atoms with Crippen molar-refractivity contribution in [2.24, 2.45) is 0 Å². The van der Waals surface area contributed by atoms with Crippen LogP contribution >= 0.6 is 0 Å². The van der Waals surface area contributed by atoms with E-state index in [0.29, 0.717) is 0 Å². The molecule has 142 valence electrons. The second-order valence-corrected chi connectivity index (χ2v) is 7.88. The van der Waals surface area contributed by atoms with Crippen molar-refractivity contribution >= 4 is 26.9 Å². The molecule has 0 fully saturated rings. The summed E-state index contributed by atoms with van der Waals surface area (Å²) in [5, 5.41) is 19.6. The number of phenols is 1. The summed E-state index contributed by atoms with van der Waals surface area (Å²) in [6.07, 6.45) is 0. The molecule has 1 heterocycles. The number of nitrogens with zero attached hydrogens (tertiary/aromatic N) is 1. The van der Waals surface area contributed by atoms with Crippen LogP contribution < -0.4 is 4.74 Å². The highest BCUT2D eigenvalue weighted by Gasteiger charge is 2.30. The van der Waals surface area contributed by atoms with Crippen molar-refractivity contribution in [3.05, 3.63) is 53.2 Å².